The molecule has 0 amide bonds. The molecule has 0 aliphatic rings. The van der Waals surface area contributed by atoms with Crippen molar-refractivity contribution in [2.75, 3.05) is 5.32 Å². The molecule has 0 saturated carbocycles. The molecule has 0 spiro atoms. The van der Waals surface area contributed by atoms with E-state index in [-0.39, 0.29) is 0 Å². The van der Waals surface area contributed by atoms with Gasteiger partial charge in [-0.05, 0) is 61.9 Å². The van der Waals surface area contributed by atoms with Crippen molar-refractivity contribution >= 4 is 23.0 Å². The lowest BCUT2D eigenvalue weighted by Crippen LogP contribution is -2.34. The maximum atomic E-state index is 5.45. The number of benzene rings is 1. The van der Waals surface area contributed by atoms with Gasteiger partial charge in [0.15, 0.2) is 5.11 Å². The van der Waals surface area contributed by atoms with Crippen LogP contribution in [-0.2, 0) is 0 Å². The van der Waals surface area contributed by atoms with Gasteiger partial charge in [0.2, 0.25) is 0 Å². The lowest BCUT2D eigenvalue weighted by atomic mass is 9.89. The van der Waals surface area contributed by atoms with Gasteiger partial charge >= 0.3 is 0 Å². The topological polar surface area (TPSA) is 24.1 Å². The fraction of sp³-hybridized carbons (Fsp3) is 0.611. The van der Waals surface area contributed by atoms with E-state index in [9.17, 15) is 0 Å². The van der Waals surface area contributed by atoms with Crippen LogP contribution in [0.25, 0.3) is 0 Å². The quantitative estimate of drug-likeness (QED) is 0.687. The third-order valence-electron chi connectivity index (χ3n) is 4.07. The molecular formula is C18H30N2S. The number of para-hydroxylation sites is 1. The minimum atomic E-state index is 0.341. The molecule has 2 nitrogen and oxygen atoms in total. The van der Waals surface area contributed by atoms with E-state index in [1.54, 1.807) is 0 Å². The molecular weight excluding hydrogens is 276 g/mol. The Balaban J connectivity index is 3.19. The number of hydrogen-bond acceptors (Lipinski definition) is 1. The van der Waals surface area contributed by atoms with E-state index in [0.717, 1.165) is 12.8 Å². The summed E-state index contributed by atoms with van der Waals surface area (Å²) >= 11 is 5.45. The maximum absolute atomic E-state index is 5.45. The molecule has 2 unspecified atom stereocenters. The van der Waals surface area contributed by atoms with E-state index in [0.29, 0.717) is 23.0 Å². The molecule has 0 aliphatic heterocycles. The molecule has 0 radical (unpaired) electrons. The molecule has 0 heterocycles. The van der Waals surface area contributed by atoms with Gasteiger partial charge in [-0.1, -0.05) is 45.9 Å². The first-order valence-corrected chi connectivity index (χ1v) is 8.51. The Morgan fingerprint density at radius 1 is 1.00 bits per heavy atom. The molecule has 3 heteroatoms. The molecule has 0 aliphatic carbocycles. The van der Waals surface area contributed by atoms with Crippen LogP contribution in [0, 0.1) is 0 Å². The van der Waals surface area contributed by atoms with Crippen molar-refractivity contribution in [2.24, 2.45) is 0 Å². The Kier molecular flexibility index (Phi) is 7.16. The van der Waals surface area contributed by atoms with Gasteiger partial charge in [-0.2, -0.15) is 0 Å². The van der Waals surface area contributed by atoms with Crippen LogP contribution in [0.3, 0.4) is 0 Å². The third kappa shape index (κ3) is 4.99. The van der Waals surface area contributed by atoms with Crippen molar-refractivity contribution in [3.63, 3.8) is 0 Å². The zero-order chi connectivity index (χ0) is 16.0. The van der Waals surface area contributed by atoms with Gasteiger partial charge < -0.3 is 10.6 Å². The molecule has 1 rings (SSSR count). The molecule has 0 saturated heterocycles. The highest BCUT2D eigenvalue weighted by Crippen LogP contribution is 2.34. The van der Waals surface area contributed by atoms with E-state index < -0.39 is 0 Å². The van der Waals surface area contributed by atoms with Gasteiger partial charge in [0.05, 0.1) is 0 Å². The summed E-state index contributed by atoms with van der Waals surface area (Å²) in [6, 6.07) is 6.96. The molecule has 0 aromatic heterocycles. The van der Waals surface area contributed by atoms with Crippen LogP contribution in [-0.4, -0.2) is 11.2 Å². The summed E-state index contributed by atoms with van der Waals surface area (Å²) in [4.78, 5) is 0. The summed E-state index contributed by atoms with van der Waals surface area (Å²) in [5, 5.41) is 7.45. The first-order valence-electron chi connectivity index (χ1n) is 8.10. The molecule has 21 heavy (non-hydrogen) atoms. The van der Waals surface area contributed by atoms with Crippen molar-refractivity contribution in [1.29, 1.82) is 0 Å². The zero-order valence-corrected chi connectivity index (χ0v) is 15.1. The van der Waals surface area contributed by atoms with Crippen LogP contribution in [0.4, 0.5) is 5.69 Å². The summed E-state index contributed by atoms with van der Waals surface area (Å²) < 4.78 is 0. The van der Waals surface area contributed by atoms with Gasteiger partial charge in [-0.25, -0.2) is 0 Å². The highest BCUT2D eigenvalue weighted by atomic mass is 32.1. The number of rotatable bonds is 6. The summed E-state index contributed by atoms with van der Waals surface area (Å²) in [5.41, 5.74) is 3.94. The number of thiocarbonyl (C=S) groups is 1. The number of anilines is 1. The standard InChI is InChI=1S/C18H30N2S/c1-7-13(5)15-10-9-11-16(14(6)8-2)17(15)20-18(21)19-12(3)4/h9-14H,7-8H2,1-6H3,(H2,19,20,21). The predicted octanol–water partition coefficient (Wildman–Crippen LogP) is 5.41. The maximum Gasteiger partial charge on any atom is 0.170 e. The van der Waals surface area contributed by atoms with E-state index in [4.69, 9.17) is 12.2 Å². The summed E-state index contributed by atoms with van der Waals surface area (Å²) in [6.45, 7) is 13.2. The normalized spacial score (nSPS) is 13.9. The SMILES string of the molecule is CCC(C)c1cccc(C(C)CC)c1NC(=S)NC(C)C. The van der Waals surface area contributed by atoms with Gasteiger partial charge in [0.1, 0.15) is 0 Å². The number of hydrogen-bond donors (Lipinski definition) is 2. The molecule has 118 valence electrons. The van der Waals surface area contributed by atoms with E-state index in [1.165, 1.54) is 16.8 Å². The average molecular weight is 307 g/mol. The second-order valence-corrected chi connectivity index (χ2v) is 6.59. The Morgan fingerprint density at radius 3 is 1.86 bits per heavy atom. The van der Waals surface area contributed by atoms with Crippen LogP contribution >= 0.6 is 12.2 Å². The fourth-order valence-electron chi connectivity index (χ4n) is 2.41. The fourth-order valence-corrected chi connectivity index (χ4v) is 2.74. The zero-order valence-electron chi connectivity index (χ0n) is 14.3. The molecule has 0 fully saturated rings. The van der Waals surface area contributed by atoms with Gasteiger partial charge in [-0.15, -0.1) is 0 Å². The minimum Gasteiger partial charge on any atom is -0.360 e. The highest BCUT2D eigenvalue weighted by Gasteiger charge is 2.17. The van der Waals surface area contributed by atoms with E-state index >= 15 is 0 Å². The van der Waals surface area contributed by atoms with Crippen molar-refractivity contribution in [1.82, 2.24) is 5.32 Å². The second-order valence-electron chi connectivity index (χ2n) is 6.18. The highest BCUT2D eigenvalue weighted by molar-refractivity contribution is 7.80. The summed E-state index contributed by atoms with van der Waals surface area (Å²) in [7, 11) is 0. The molecule has 2 atom stereocenters. The number of nitrogens with one attached hydrogen (secondary N) is 2. The van der Waals surface area contributed by atoms with Crippen molar-refractivity contribution in [3.8, 4) is 0 Å². The van der Waals surface area contributed by atoms with Crippen LogP contribution in [0.1, 0.15) is 77.3 Å². The smallest absolute Gasteiger partial charge is 0.170 e. The lowest BCUT2D eigenvalue weighted by molar-refractivity contribution is 0.713. The van der Waals surface area contributed by atoms with E-state index in [1.807, 2.05) is 0 Å². The Hall–Kier alpha value is -1.09. The summed E-state index contributed by atoms with van der Waals surface area (Å²) in [6.07, 6.45) is 2.26. The van der Waals surface area contributed by atoms with Crippen LogP contribution in [0.5, 0.6) is 0 Å². The average Bonchev–Trinajstić information content (AvgIpc) is 2.44. The monoisotopic (exact) mass is 306 g/mol. The minimum absolute atomic E-state index is 0.341. The van der Waals surface area contributed by atoms with Crippen LogP contribution < -0.4 is 10.6 Å². The lowest BCUT2D eigenvalue weighted by Gasteiger charge is -2.24. The van der Waals surface area contributed by atoms with Crippen LogP contribution in [0.2, 0.25) is 0 Å². The van der Waals surface area contributed by atoms with Crippen LogP contribution in [0.15, 0.2) is 18.2 Å². The van der Waals surface area contributed by atoms with Gasteiger partial charge in [-0.3, -0.25) is 0 Å². The summed E-state index contributed by atoms with van der Waals surface area (Å²) in [5.74, 6) is 1.05. The Morgan fingerprint density at radius 2 is 1.48 bits per heavy atom. The largest absolute Gasteiger partial charge is 0.360 e. The van der Waals surface area contributed by atoms with Crippen molar-refractivity contribution in [3.05, 3.63) is 29.3 Å². The van der Waals surface area contributed by atoms with Crippen molar-refractivity contribution < 1.29 is 0 Å². The third-order valence-corrected chi connectivity index (χ3v) is 4.29. The van der Waals surface area contributed by atoms with E-state index in [2.05, 4.69) is 70.4 Å². The Labute approximate surface area is 135 Å². The predicted molar refractivity (Wildman–Crippen MR) is 98.3 cm³/mol. The second kappa shape index (κ2) is 8.38. The molecule has 1 aromatic carbocycles. The van der Waals surface area contributed by atoms with Gasteiger partial charge in [0, 0.05) is 11.7 Å². The first kappa shape index (κ1) is 18.0. The molecule has 1 aromatic rings. The first-order chi connectivity index (χ1) is 9.90. The Bertz CT molecular complexity index is 440. The molecule has 0 bridgehead atoms. The van der Waals surface area contributed by atoms with Crippen molar-refractivity contribution in [2.45, 2.75) is 72.3 Å². The van der Waals surface area contributed by atoms with Gasteiger partial charge in [0.25, 0.3) is 0 Å². The molecule has 2 N–H and O–H groups in total.